The number of aromatic nitrogens is 1. The van der Waals surface area contributed by atoms with E-state index in [4.69, 9.17) is 0 Å². The Morgan fingerprint density at radius 2 is 1.68 bits per heavy atom. The molecule has 5 nitrogen and oxygen atoms in total. The van der Waals surface area contributed by atoms with E-state index in [2.05, 4.69) is 0 Å². The summed E-state index contributed by atoms with van der Waals surface area (Å²) in [5.41, 5.74) is -0.0921. The predicted octanol–water partition coefficient (Wildman–Crippen LogP) is 5.87. The first-order chi connectivity index (χ1) is 17.8. The normalized spacial score (nSPS) is 18.4. The van der Waals surface area contributed by atoms with Gasteiger partial charge in [0.05, 0.1) is 11.6 Å². The minimum Gasteiger partial charge on any atom is -0.306 e. The van der Waals surface area contributed by atoms with Gasteiger partial charge in [0.25, 0.3) is 5.91 Å². The third-order valence-electron chi connectivity index (χ3n) is 6.96. The fraction of sp³-hybridized carbons (Fsp3) is 0.308. The lowest BCUT2D eigenvalue weighted by Crippen LogP contribution is -2.60. The van der Waals surface area contributed by atoms with Gasteiger partial charge in [0, 0.05) is 28.5 Å². The summed E-state index contributed by atoms with van der Waals surface area (Å²) in [4.78, 5) is 27.2. The van der Waals surface area contributed by atoms with Gasteiger partial charge in [0.2, 0.25) is 0 Å². The summed E-state index contributed by atoms with van der Waals surface area (Å²) in [5, 5.41) is 1.50. The van der Waals surface area contributed by atoms with E-state index < -0.39 is 48.0 Å². The second-order valence-corrected chi connectivity index (χ2v) is 10.2. The Bertz CT molecular complexity index is 1480. The van der Waals surface area contributed by atoms with Gasteiger partial charge < -0.3 is 4.90 Å². The van der Waals surface area contributed by atoms with E-state index in [0.29, 0.717) is 21.6 Å². The van der Waals surface area contributed by atoms with Crippen molar-refractivity contribution < 1.29 is 31.1 Å². The van der Waals surface area contributed by atoms with Gasteiger partial charge in [-0.05, 0) is 48.7 Å². The summed E-state index contributed by atoms with van der Waals surface area (Å²) >= 11 is 1.32. The number of amides is 1. The second-order valence-electron chi connectivity index (χ2n) is 9.21. The molecule has 3 heterocycles. The molecule has 0 saturated carbocycles. The summed E-state index contributed by atoms with van der Waals surface area (Å²) in [6.07, 6.45) is -8.00. The number of hydrogen-bond acceptors (Lipinski definition) is 4. The van der Waals surface area contributed by atoms with Gasteiger partial charge in [-0.1, -0.05) is 24.3 Å². The van der Waals surface area contributed by atoms with Gasteiger partial charge in [0.1, 0.15) is 18.4 Å². The Kier molecular flexibility index (Phi) is 6.28. The molecule has 38 heavy (non-hydrogen) atoms. The minimum absolute atomic E-state index is 0.0227. The Hall–Kier alpha value is -3.41. The molecule has 2 aliphatic heterocycles. The van der Waals surface area contributed by atoms with E-state index in [1.165, 1.54) is 46.7 Å². The Labute approximate surface area is 217 Å². The van der Waals surface area contributed by atoms with Crippen LogP contribution in [0.5, 0.6) is 0 Å². The quantitative estimate of drug-likeness (QED) is 0.373. The van der Waals surface area contributed by atoms with Crippen molar-refractivity contribution in [3.05, 3.63) is 98.5 Å². The molecule has 0 aliphatic carbocycles. The van der Waals surface area contributed by atoms with Crippen molar-refractivity contribution in [3.8, 4) is 0 Å². The number of pyridine rings is 1. The van der Waals surface area contributed by atoms with Crippen molar-refractivity contribution in [2.75, 3.05) is 11.7 Å². The SMILES string of the molecule is Cc1c2n(ccc1=O)N([C@H]1c3ccc(C(F)(F)F)cc3CSc3ccccc31)CN([C@H](C)C(F)(F)F)C2=O. The van der Waals surface area contributed by atoms with Crippen LogP contribution in [-0.4, -0.2) is 34.4 Å². The van der Waals surface area contributed by atoms with E-state index in [1.54, 1.807) is 24.3 Å². The van der Waals surface area contributed by atoms with Crippen LogP contribution in [0.2, 0.25) is 0 Å². The number of halogens is 6. The number of thioether (sulfide) groups is 1. The van der Waals surface area contributed by atoms with Crippen LogP contribution in [0.4, 0.5) is 26.3 Å². The van der Waals surface area contributed by atoms with Crippen LogP contribution in [0.3, 0.4) is 0 Å². The highest BCUT2D eigenvalue weighted by Gasteiger charge is 2.47. The van der Waals surface area contributed by atoms with E-state index in [0.717, 1.165) is 24.0 Å². The molecular weight excluding hydrogens is 532 g/mol. The van der Waals surface area contributed by atoms with E-state index in [1.807, 2.05) is 0 Å². The number of benzene rings is 2. The fourth-order valence-electron chi connectivity index (χ4n) is 4.86. The van der Waals surface area contributed by atoms with Crippen LogP contribution < -0.4 is 10.4 Å². The highest BCUT2D eigenvalue weighted by atomic mass is 32.2. The standard InChI is InChI=1S/C26H21F6N3O2S/c1-14-20(36)9-10-34-22(14)24(37)33(15(2)25(27,28)29)13-35(34)23-18-8-7-17(26(30,31)32)11-16(18)12-38-21-6-4-3-5-19(21)23/h3-11,15,23H,12-13H2,1-2H3/t15-,23+/m1/s1. The number of hydrogen-bond donors (Lipinski definition) is 0. The average Bonchev–Trinajstić information content (AvgIpc) is 3.01. The molecule has 3 aromatic rings. The molecule has 2 aliphatic rings. The lowest BCUT2D eigenvalue weighted by molar-refractivity contribution is -0.173. The lowest BCUT2D eigenvalue weighted by atomic mass is 9.92. The number of nitrogens with zero attached hydrogens (tertiary/aromatic N) is 3. The molecule has 2 aromatic carbocycles. The predicted molar refractivity (Wildman–Crippen MR) is 129 cm³/mol. The van der Waals surface area contributed by atoms with Crippen molar-refractivity contribution in [2.45, 2.75) is 48.9 Å². The first kappa shape index (κ1) is 26.2. The van der Waals surface area contributed by atoms with Gasteiger partial charge in [-0.15, -0.1) is 11.8 Å². The minimum atomic E-state index is -4.75. The molecule has 0 unspecified atom stereocenters. The maximum atomic E-state index is 13.8. The second kappa shape index (κ2) is 9.11. The van der Waals surface area contributed by atoms with Crippen molar-refractivity contribution >= 4 is 17.7 Å². The molecule has 0 radical (unpaired) electrons. The molecule has 0 bridgehead atoms. The summed E-state index contributed by atoms with van der Waals surface area (Å²) in [6.45, 7) is 1.72. The lowest BCUT2D eigenvalue weighted by Gasteiger charge is -2.46. The van der Waals surface area contributed by atoms with Crippen molar-refractivity contribution in [2.24, 2.45) is 0 Å². The smallest absolute Gasteiger partial charge is 0.306 e. The summed E-state index contributed by atoms with van der Waals surface area (Å²) in [5.74, 6) is -0.747. The van der Waals surface area contributed by atoms with Gasteiger partial charge in [0.15, 0.2) is 5.43 Å². The molecule has 0 N–H and O–H groups in total. The first-order valence-electron chi connectivity index (χ1n) is 11.6. The highest BCUT2D eigenvalue weighted by molar-refractivity contribution is 7.98. The molecule has 200 valence electrons. The molecular formula is C26H21F6N3O2S. The number of rotatable bonds is 2. The first-order valence-corrected chi connectivity index (χ1v) is 12.6. The summed E-state index contributed by atoms with van der Waals surface area (Å²) in [7, 11) is 0. The van der Waals surface area contributed by atoms with Crippen LogP contribution in [0.15, 0.2) is 64.4 Å². The summed E-state index contributed by atoms with van der Waals surface area (Å²) in [6, 6.07) is 8.61. The topological polar surface area (TPSA) is 45.6 Å². The number of alkyl halides is 6. The Morgan fingerprint density at radius 3 is 2.37 bits per heavy atom. The van der Waals surface area contributed by atoms with Crippen LogP contribution in [0.1, 0.15) is 51.3 Å². The van der Waals surface area contributed by atoms with Crippen LogP contribution in [-0.2, 0) is 11.9 Å². The molecule has 2 atom stereocenters. The van der Waals surface area contributed by atoms with E-state index in [9.17, 15) is 35.9 Å². The summed E-state index contributed by atoms with van der Waals surface area (Å²) < 4.78 is 83.5. The largest absolute Gasteiger partial charge is 0.416 e. The third kappa shape index (κ3) is 4.34. The van der Waals surface area contributed by atoms with Gasteiger partial charge >= 0.3 is 12.4 Å². The average molecular weight is 554 g/mol. The van der Waals surface area contributed by atoms with E-state index in [-0.39, 0.29) is 17.0 Å². The maximum absolute atomic E-state index is 13.8. The number of fused-ring (bicyclic) bond motifs is 3. The third-order valence-corrected chi connectivity index (χ3v) is 8.10. The number of carbonyl (C=O) groups excluding carboxylic acids is 1. The monoisotopic (exact) mass is 553 g/mol. The van der Waals surface area contributed by atoms with Crippen LogP contribution in [0.25, 0.3) is 0 Å². The molecule has 0 fully saturated rings. The Morgan fingerprint density at radius 1 is 0.974 bits per heavy atom. The van der Waals surface area contributed by atoms with Gasteiger partial charge in [-0.2, -0.15) is 26.3 Å². The van der Waals surface area contributed by atoms with Gasteiger partial charge in [-0.25, -0.2) is 0 Å². The fourth-order valence-corrected chi connectivity index (χ4v) is 5.94. The highest BCUT2D eigenvalue weighted by Crippen LogP contribution is 2.44. The zero-order chi connectivity index (χ0) is 27.6. The van der Waals surface area contributed by atoms with Gasteiger partial charge in [-0.3, -0.25) is 19.3 Å². The zero-order valence-corrected chi connectivity index (χ0v) is 20.9. The zero-order valence-electron chi connectivity index (χ0n) is 20.1. The van der Waals surface area contributed by atoms with Crippen LogP contribution >= 0.6 is 11.8 Å². The molecule has 0 saturated heterocycles. The molecule has 1 amide bonds. The number of carbonyl (C=O) groups is 1. The van der Waals surface area contributed by atoms with Crippen molar-refractivity contribution in [3.63, 3.8) is 0 Å². The molecule has 1 aromatic heterocycles. The maximum Gasteiger partial charge on any atom is 0.416 e. The van der Waals surface area contributed by atoms with Crippen LogP contribution in [0, 0.1) is 6.92 Å². The van der Waals surface area contributed by atoms with E-state index >= 15 is 0 Å². The molecule has 12 heteroatoms. The van der Waals surface area contributed by atoms with Crippen molar-refractivity contribution in [1.29, 1.82) is 0 Å². The molecule has 5 rings (SSSR count). The van der Waals surface area contributed by atoms with Crippen molar-refractivity contribution in [1.82, 2.24) is 9.58 Å². The Balaban J connectivity index is 1.77. The molecule has 0 spiro atoms.